The van der Waals surface area contributed by atoms with Gasteiger partial charge in [0.1, 0.15) is 5.69 Å². The molecule has 0 radical (unpaired) electrons. The molecule has 0 aromatic heterocycles. The number of nitrogens with two attached hydrogens (primary N) is 2. The second-order valence-electron chi connectivity index (χ2n) is 3.47. The zero-order valence-corrected chi connectivity index (χ0v) is 12.1. The number of nitrogen functional groups attached to an aromatic ring is 2. The predicted octanol–water partition coefficient (Wildman–Crippen LogP) is 4.53. The highest BCUT2D eigenvalue weighted by Gasteiger charge is 2.00. The van der Waals surface area contributed by atoms with E-state index in [-0.39, 0.29) is 5.69 Å². The van der Waals surface area contributed by atoms with Gasteiger partial charge in [-0.2, -0.15) is 0 Å². The molecule has 100 valence electrons. The number of nitroso groups, excluding NO2 is 1. The Morgan fingerprint density at radius 2 is 1.74 bits per heavy atom. The molecule has 19 heavy (non-hydrogen) atoms. The molecular weight excluding hydrogens is 305 g/mol. The lowest BCUT2D eigenvalue weighted by Gasteiger charge is -1.97. The SMILES string of the molecule is Nc1cc(Cl)ccc1Cl.Nc1cccc(S)c1N=O. The van der Waals surface area contributed by atoms with Crippen molar-refractivity contribution in [3.8, 4) is 0 Å². The average Bonchev–Trinajstić information content (AvgIpc) is 2.35. The fourth-order valence-electron chi connectivity index (χ4n) is 1.16. The maximum atomic E-state index is 10.1. The van der Waals surface area contributed by atoms with Crippen LogP contribution in [-0.2, 0) is 0 Å². The molecule has 0 spiro atoms. The maximum Gasteiger partial charge on any atom is 0.144 e. The molecule has 4 nitrogen and oxygen atoms in total. The molecule has 0 fully saturated rings. The minimum Gasteiger partial charge on any atom is -0.397 e. The highest BCUT2D eigenvalue weighted by Crippen LogP contribution is 2.28. The maximum absolute atomic E-state index is 10.1. The van der Waals surface area contributed by atoms with Crippen LogP contribution in [0.15, 0.2) is 46.5 Å². The first kappa shape index (κ1) is 15.6. The normalized spacial score (nSPS) is 9.42. The second-order valence-corrected chi connectivity index (χ2v) is 4.80. The fraction of sp³-hybridized carbons (Fsp3) is 0. The highest BCUT2D eigenvalue weighted by atomic mass is 35.5. The van der Waals surface area contributed by atoms with Crippen molar-refractivity contribution < 1.29 is 0 Å². The van der Waals surface area contributed by atoms with Gasteiger partial charge in [-0.05, 0) is 35.5 Å². The molecule has 0 bridgehead atoms. The quantitative estimate of drug-likeness (QED) is 0.411. The van der Waals surface area contributed by atoms with Crippen molar-refractivity contribution in [3.63, 3.8) is 0 Å². The first-order valence-electron chi connectivity index (χ1n) is 5.07. The Labute approximate surface area is 126 Å². The summed E-state index contributed by atoms with van der Waals surface area (Å²) in [6.45, 7) is 0. The third-order valence-electron chi connectivity index (χ3n) is 2.10. The van der Waals surface area contributed by atoms with Crippen LogP contribution in [0.3, 0.4) is 0 Å². The minimum absolute atomic E-state index is 0.214. The number of hydrogen-bond acceptors (Lipinski definition) is 5. The van der Waals surface area contributed by atoms with Gasteiger partial charge in [0, 0.05) is 9.92 Å². The summed E-state index contributed by atoms with van der Waals surface area (Å²) in [5, 5.41) is 3.87. The zero-order chi connectivity index (χ0) is 14.4. The topological polar surface area (TPSA) is 81.5 Å². The summed E-state index contributed by atoms with van der Waals surface area (Å²) in [7, 11) is 0. The van der Waals surface area contributed by atoms with Crippen molar-refractivity contribution in [2.45, 2.75) is 4.90 Å². The van der Waals surface area contributed by atoms with Crippen LogP contribution in [0.4, 0.5) is 17.1 Å². The summed E-state index contributed by atoms with van der Waals surface area (Å²) < 4.78 is 0. The van der Waals surface area contributed by atoms with E-state index in [2.05, 4.69) is 17.8 Å². The first-order valence-corrected chi connectivity index (χ1v) is 6.27. The van der Waals surface area contributed by atoms with Crippen LogP contribution in [0.5, 0.6) is 0 Å². The van der Waals surface area contributed by atoms with E-state index in [0.717, 1.165) is 0 Å². The van der Waals surface area contributed by atoms with Gasteiger partial charge in [-0.25, -0.2) is 0 Å². The lowest BCUT2D eigenvalue weighted by Crippen LogP contribution is -1.84. The molecule has 4 N–H and O–H groups in total. The van der Waals surface area contributed by atoms with E-state index in [1.165, 1.54) is 0 Å². The number of hydrogen-bond donors (Lipinski definition) is 3. The molecule has 2 aromatic rings. The predicted molar refractivity (Wildman–Crippen MR) is 84.4 cm³/mol. The summed E-state index contributed by atoms with van der Waals surface area (Å²) in [6, 6.07) is 9.96. The van der Waals surface area contributed by atoms with Gasteiger partial charge in [0.25, 0.3) is 0 Å². The number of halogens is 2. The van der Waals surface area contributed by atoms with Gasteiger partial charge in [0.15, 0.2) is 0 Å². The molecule has 0 atom stereocenters. The van der Waals surface area contributed by atoms with E-state index in [4.69, 9.17) is 34.7 Å². The standard InChI is InChI=1S/C6H5Cl2N.C6H6N2OS/c7-4-1-2-5(8)6(9)3-4;7-4-2-1-3-5(10)6(4)8-9/h1-3H,9H2;1-3,10H,7H2. The molecule has 0 heterocycles. The molecule has 0 amide bonds. The lowest BCUT2D eigenvalue weighted by molar-refractivity contribution is 1.37. The van der Waals surface area contributed by atoms with Crippen molar-refractivity contribution in [1.29, 1.82) is 0 Å². The molecule has 7 heteroatoms. The molecule has 0 unspecified atom stereocenters. The number of rotatable bonds is 1. The zero-order valence-electron chi connectivity index (χ0n) is 9.68. The van der Waals surface area contributed by atoms with Gasteiger partial charge < -0.3 is 11.5 Å². The van der Waals surface area contributed by atoms with Crippen molar-refractivity contribution in [2.24, 2.45) is 5.18 Å². The molecule has 0 aliphatic rings. The Bertz CT molecular complexity index is 573. The fourth-order valence-corrected chi connectivity index (χ4v) is 1.72. The average molecular weight is 316 g/mol. The smallest absolute Gasteiger partial charge is 0.144 e. The summed E-state index contributed by atoms with van der Waals surface area (Å²) >= 11 is 15.1. The van der Waals surface area contributed by atoms with E-state index in [1.807, 2.05) is 0 Å². The molecule has 0 saturated carbocycles. The van der Waals surface area contributed by atoms with Gasteiger partial charge >= 0.3 is 0 Å². The minimum atomic E-state index is 0.214. The third-order valence-corrected chi connectivity index (χ3v) is 3.04. The van der Waals surface area contributed by atoms with E-state index >= 15 is 0 Å². The van der Waals surface area contributed by atoms with Crippen LogP contribution in [0.2, 0.25) is 10.0 Å². The Balaban J connectivity index is 0.000000191. The Hall–Kier alpha value is -1.43. The summed E-state index contributed by atoms with van der Waals surface area (Å²) in [4.78, 5) is 10.6. The molecule has 2 rings (SSSR count). The van der Waals surface area contributed by atoms with Gasteiger partial charge in [0.2, 0.25) is 0 Å². The second kappa shape index (κ2) is 7.23. The number of anilines is 2. The summed E-state index contributed by atoms with van der Waals surface area (Å²) in [5.41, 5.74) is 11.9. The van der Waals surface area contributed by atoms with E-state index in [1.54, 1.807) is 36.4 Å². The van der Waals surface area contributed by atoms with Crippen molar-refractivity contribution >= 4 is 52.9 Å². The van der Waals surface area contributed by atoms with Crippen molar-refractivity contribution in [2.75, 3.05) is 11.5 Å². The molecular formula is C12H11Cl2N3OS. The van der Waals surface area contributed by atoms with E-state index in [9.17, 15) is 4.91 Å². The molecule has 0 aliphatic carbocycles. The Morgan fingerprint density at radius 3 is 2.16 bits per heavy atom. The number of thiol groups is 1. The van der Waals surface area contributed by atoms with Crippen molar-refractivity contribution in [1.82, 2.24) is 0 Å². The van der Waals surface area contributed by atoms with Gasteiger partial charge in [0.05, 0.1) is 16.4 Å². The Morgan fingerprint density at radius 1 is 1.05 bits per heavy atom. The van der Waals surface area contributed by atoms with Gasteiger partial charge in [-0.15, -0.1) is 17.5 Å². The van der Waals surface area contributed by atoms with Crippen LogP contribution >= 0.6 is 35.8 Å². The van der Waals surface area contributed by atoms with E-state index < -0.39 is 0 Å². The van der Waals surface area contributed by atoms with Gasteiger partial charge in [-0.1, -0.05) is 29.3 Å². The van der Waals surface area contributed by atoms with Crippen LogP contribution in [-0.4, -0.2) is 0 Å². The molecule has 2 aromatic carbocycles. The van der Waals surface area contributed by atoms with Crippen LogP contribution < -0.4 is 11.5 Å². The Kier molecular flexibility index (Phi) is 5.95. The van der Waals surface area contributed by atoms with E-state index in [0.29, 0.717) is 26.3 Å². The lowest BCUT2D eigenvalue weighted by atomic mass is 10.3. The van der Waals surface area contributed by atoms with Crippen molar-refractivity contribution in [3.05, 3.63) is 51.4 Å². The monoisotopic (exact) mass is 315 g/mol. The molecule has 0 aliphatic heterocycles. The largest absolute Gasteiger partial charge is 0.397 e. The first-order chi connectivity index (χ1) is 8.95. The van der Waals surface area contributed by atoms with Crippen LogP contribution in [0.1, 0.15) is 0 Å². The van der Waals surface area contributed by atoms with Crippen LogP contribution in [0, 0.1) is 4.91 Å². The highest BCUT2D eigenvalue weighted by molar-refractivity contribution is 7.80. The third kappa shape index (κ3) is 4.63. The van der Waals surface area contributed by atoms with Crippen LogP contribution in [0.25, 0.3) is 0 Å². The molecule has 0 saturated heterocycles. The number of nitrogens with zero attached hydrogens (tertiary/aromatic N) is 1. The summed E-state index contributed by atoms with van der Waals surface area (Å²) in [5.74, 6) is 0. The number of benzene rings is 2. The van der Waals surface area contributed by atoms with Gasteiger partial charge in [-0.3, -0.25) is 0 Å². The summed E-state index contributed by atoms with van der Waals surface area (Å²) in [6.07, 6.45) is 0.